The Labute approximate surface area is 113 Å². The Balaban J connectivity index is 1.88. The van der Waals surface area contributed by atoms with Crippen molar-refractivity contribution in [3.05, 3.63) is 11.8 Å². The summed E-state index contributed by atoms with van der Waals surface area (Å²) in [4.78, 5) is 13.8. The van der Waals surface area contributed by atoms with Gasteiger partial charge in [-0.05, 0) is 12.8 Å². The van der Waals surface area contributed by atoms with Gasteiger partial charge in [0.2, 0.25) is 5.88 Å². The Morgan fingerprint density at radius 3 is 2.95 bits per heavy atom. The smallest absolute Gasteiger partial charge is 0.324 e. The van der Waals surface area contributed by atoms with Crippen LogP contribution in [0.3, 0.4) is 0 Å². The van der Waals surface area contributed by atoms with Crippen LogP contribution in [0.25, 0.3) is 0 Å². The van der Waals surface area contributed by atoms with Gasteiger partial charge >= 0.3 is 6.03 Å². The summed E-state index contributed by atoms with van der Waals surface area (Å²) in [6.07, 6.45) is 5.82. The highest BCUT2D eigenvalue weighted by Gasteiger charge is 2.22. The van der Waals surface area contributed by atoms with Crippen LogP contribution in [-0.2, 0) is 11.3 Å². The van der Waals surface area contributed by atoms with E-state index in [2.05, 4.69) is 10.5 Å². The number of methoxy groups -OCH3 is 1. The predicted molar refractivity (Wildman–Crippen MR) is 70.9 cm³/mol. The van der Waals surface area contributed by atoms with Crippen LogP contribution in [0.4, 0.5) is 10.7 Å². The summed E-state index contributed by atoms with van der Waals surface area (Å²) in [5, 5.41) is 6.52. The van der Waals surface area contributed by atoms with Crippen molar-refractivity contribution < 1.29 is 14.1 Å². The highest BCUT2D eigenvalue weighted by Crippen LogP contribution is 2.22. The first-order valence-electron chi connectivity index (χ1n) is 6.69. The summed E-state index contributed by atoms with van der Waals surface area (Å²) >= 11 is 0. The predicted octanol–water partition coefficient (Wildman–Crippen LogP) is 2.62. The molecule has 19 heavy (non-hydrogen) atoms. The fourth-order valence-electron chi connectivity index (χ4n) is 2.41. The van der Waals surface area contributed by atoms with Crippen LogP contribution in [0.2, 0.25) is 0 Å². The Hall–Kier alpha value is -1.56. The number of ether oxygens (including phenoxy) is 1. The van der Waals surface area contributed by atoms with Crippen LogP contribution in [0.1, 0.15) is 37.8 Å². The third-order valence-electron chi connectivity index (χ3n) is 3.52. The van der Waals surface area contributed by atoms with Gasteiger partial charge in [-0.3, -0.25) is 5.32 Å². The second-order valence-electron chi connectivity index (χ2n) is 4.95. The molecule has 1 saturated carbocycles. The number of carbonyl (C=O) groups excluding carboxylic acids is 1. The van der Waals surface area contributed by atoms with Gasteiger partial charge < -0.3 is 14.2 Å². The number of aromatic nitrogens is 1. The normalized spacial score (nSPS) is 16.3. The fourth-order valence-corrected chi connectivity index (χ4v) is 2.41. The van der Waals surface area contributed by atoms with Gasteiger partial charge in [0, 0.05) is 26.3 Å². The molecular weight excluding hydrogens is 246 g/mol. The van der Waals surface area contributed by atoms with E-state index < -0.39 is 0 Å². The van der Waals surface area contributed by atoms with Gasteiger partial charge in [0.25, 0.3) is 0 Å². The van der Waals surface area contributed by atoms with Crippen molar-refractivity contribution >= 4 is 11.9 Å². The fraction of sp³-hybridized carbons (Fsp3) is 0.692. The van der Waals surface area contributed by atoms with Crippen molar-refractivity contribution in [1.82, 2.24) is 10.1 Å². The van der Waals surface area contributed by atoms with E-state index in [1.807, 2.05) is 7.05 Å². The molecule has 1 N–H and O–H groups in total. The Kier molecular flexibility index (Phi) is 4.79. The van der Waals surface area contributed by atoms with E-state index in [1.165, 1.54) is 19.3 Å². The SMILES string of the molecule is COCc1cc(NC(=O)N(C)C2CCCCC2)on1. The van der Waals surface area contributed by atoms with Crippen LogP contribution >= 0.6 is 0 Å². The van der Waals surface area contributed by atoms with E-state index in [0.29, 0.717) is 24.2 Å². The maximum absolute atomic E-state index is 12.1. The Morgan fingerprint density at radius 2 is 2.26 bits per heavy atom. The molecule has 2 rings (SSSR count). The molecule has 0 unspecified atom stereocenters. The number of anilines is 1. The van der Waals surface area contributed by atoms with E-state index in [0.717, 1.165) is 12.8 Å². The summed E-state index contributed by atoms with van der Waals surface area (Å²) in [5.41, 5.74) is 0.665. The minimum absolute atomic E-state index is 0.146. The minimum Gasteiger partial charge on any atom is -0.378 e. The molecule has 1 heterocycles. The molecule has 0 atom stereocenters. The minimum atomic E-state index is -0.146. The molecule has 1 fully saturated rings. The third kappa shape index (κ3) is 3.70. The van der Waals surface area contributed by atoms with Crippen molar-refractivity contribution in [2.75, 3.05) is 19.5 Å². The first-order valence-corrected chi connectivity index (χ1v) is 6.69. The molecule has 0 radical (unpaired) electrons. The van der Waals surface area contributed by atoms with Crippen molar-refractivity contribution in [2.45, 2.75) is 44.8 Å². The molecule has 0 aromatic carbocycles. The lowest BCUT2D eigenvalue weighted by Gasteiger charge is -2.30. The summed E-state index contributed by atoms with van der Waals surface area (Å²) in [7, 11) is 3.42. The molecule has 0 spiro atoms. The lowest BCUT2D eigenvalue weighted by Crippen LogP contribution is -2.40. The van der Waals surface area contributed by atoms with Crippen molar-refractivity contribution in [1.29, 1.82) is 0 Å². The average molecular weight is 267 g/mol. The molecular formula is C13H21N3O3. The number of amides is 2. The second kappa shape index (κ2) is 6.56. The van der Waals surface area contributed by atoms with Gasteiger partial charge in [-0.15, -0.1) is 0 Å². The van der Waals surface area contributed by atoms with Gasteiger partial charge in [0.15, 0.2) is 0 Å². The van der Waals surface area contributed by atoms with Gasteiger partial charge in [-0.1, -0.05) is 24.4 Å². The molecule has 0 saturated heterocycles. The molecule has 0 bridgehead atoms. The van der Waals surface area contributed by atoms with Crippen molar-refractivity contribution in [2.24, 2.45) is 0 Å². The first-order chi connectivity index (χ1) is 9.20. The van der Waals surface area contributed by atoms with Crippen molar-refractivity contribution in [3.8, 4) is 0 Å². The molecule has 1 aromatic rings. The molecule has 6 nitrogen and oxygen atoms in total. The molecule has 1 aliphatic rings. The van der Waals surface area contributed by atoms with Crippen LogP contribution in [0.15, 0.2) is 10.6 Å². The van der Waals surface area contributed by atoms with Crippen molar-refractivity contribution in [3.63, 3.8) is 0 Å². The first kappa shape index (κ1) is 13.9. The molecule has 2 amide bonds. The number of carbonyl (C=O) groups is 1. The molecule has 6 heteroatoms. The summed E-state index contributed by atoms with van der Waals surface area (Å²) in [5.74, 6) is 0.361. The zero-order valence-corrected chi connectivity index (χ0v) is 11.5. The molecule has 0 aliphatic heterocycles. The van der Waals surface area contributed by atoms with E-state index in [-0.39, 0.29) is 6.03 Å². The Morgan fingerprint density at radius 1 is 1.53 bits per heavy atom. The van der Waals surface area contributed by atoms with E-state index >= 15 is 0 Å². The second-order valence-corrected chi connectivity index (χ2v) is 4.95. The number of urea groups is 1. The van der Waals surface area contributed by atoms with Crippen LogP contribution in [-0.4, -0.2) is 36.3 Å². The Bertz CT molecular complexity index is 413. The van der Waals surface area contributed by atoms with Gasteiger partial charge in [-0.25, -0.2) is 4.79 Å². The summed E-state index contributed by atoms with van der Waals surface area (Å²) in [6, 6.07) is 1.86. The maximum atomic E-state index is 12.1. The molecule has 1 aromatic heterocycles. The third-order valence-corrected chi connectivity index (χ3v) is 3.52. The standard InChI is InChI=1S/C13H21N3O3/c1-16(11-6-4-3-5-7-11)13(17)14-12-8-10(9-18-2)15-19-12/h8,11H,3-7,9H2,1-2H3,(H,14,17). The lowest BCUT2D eigenvalue weighted by atomic mass is 9.95. The van der Waals surface area contributed by atoms with E-state index in [1.54, 1.807) is 18.1 Å². The van der Waals surface area contributed by atoms with Crippen LogP contribution in [0, 0.1) is 0 Å². The van der Waals surface area contributed by atoms with E-state index in [9.17, 15) is 4.79 Å². The molecule has 106 valence electrons. The van der Waals surface area contributed by atoms with E-state index in [4.69, 9.17) is 9.26 Å². The van der Waals surface area contributed by atoms with Crippen LogP contribution in [0.5, 0.6) is 0 Å². The number of nitrogens with one attached hydrogen (secondary N) is 1. The number of nitrogens with zero attached hydrogens (tertiary/aromatic N) is 2. The largest absolute Gasteiger partial charge is 0.378 e. The zero-order chi connectivity index (χ0) is 13.7. The highest BCUT2D eigenvalue weighted by atomic mass is 16.5. The number of hydrogen-bond donors (Lipinski definition) is 1. The maximum Gasteiger partial charge on any atom is 0.324 e. The average Bonchev–Trinajstić information content (AvgIpc) is 2.86. The van der Waals surface area contributed by atoms with Gasteiger partial charge in [-0.2, -0.15) is 0 Å². The molecule has 1 aliphatic carbocycles. The summed E-state index contributed by atoms with van der Waals surface area (Å²) < 4.78 is 9.98. The zero-order valence-electron chi connectivity index (χ0n) is 11.5. The number of rotatable bonds is 4. The topological polar surface area (TPSA) is 67.6 Å². The summed E-state index contributed by atoms with van der Waals surface area (Å²) in [6.45, 7) is 0.373. The van der Waals surface area contributed by atoms with Crippen LogP contribution < -0.4 is 5.32 Å². The number of hydrogen-bond acceptors (Lipinski definition) is 4. The highest BCUT2D eigenvalue weighted by molar-refractivity contribution is 5.87. The monoisotopic (exact) mass is 267 g/mol. The van der Waals surface area contributed by atoms with Gasteiger partial charge in [0.1, 0.15) is 5.69 Å². The van der Waals surface area contributed by atoms with Gasteiger partial charge in [0.05, 0.1) is 6.61 Å². The lowest BCUT2D eigenvalue weighted by molar-refractivity contribution is 0.177. The quantitative estimate of drug-likeness (QED) is 0.910.